The van der Waals surface area contributed by atoms with Crippen molar-refractivity contribution in [1.82, 2.24) is 10.2 Å². The first-order valence-electron chi connectivity index (χ1n) is 7.82. The Bertz CT molecular complexity index is 862. The molecule has 0 aliphatic rings. The van der Waals surface area contributed by atoms with Gasteiger partial charge in [-0.25, -0.2) is 4.79 Å². The Labute approximate surface area is 145 Å². The molecule has 2 aromatic rings. The quantitative estimate of drug-likeness (QED) is 0.922. The van der Waals surface area contributed by atoms with E-state index in [1.54, 1.807) is 47.0 Å². The normalized spacial score (nSPS) is 11.2. The highest BCUT2D eigenvalue weighted by atomic mass is 16.6. The zero-order valence-corrected chi connectivity index (χ0v) is 15.0. The summed E-state index contributed by atoms with van der Waals surface area (Å²) in [5, 5.41) is 2.85. The van der Waals surface area contributed by atoms with Gasteiger partial charge in [0.05, 0.1) is 11.9 Å². The molecule has 0 saturated heterocycles. The largest absolute Gasteiger partial charge is 0.459 e. The van der Waals surface area contributed by atoms with Gasteiger partial charge in [-0.1, -0.05) is 0 Å². The Balaban J connectivity index is 2.22. The van der Waals surface area contributed by atoms with Crippen molar-refractivity contribution in [2.45, 2.75) is 32.9 Å². The summed E-state index contributed by atoms with van der Waals surface area (Å²) in [7, 11) is 3.28. The van der Waals surface area contributed by atoms with E-state index in [1.165, 1.54) is 17.0 Å². The molecule has 1 aromatic carbocycles. The lowest BCUT2D eigenvalue weighted by atomic mass is 10.1. The van der Waals surface area contributed by atoms with Gasteiger partial charge in [0.1, 0.15) is 16.9 Å². The predicted molar refractivity (Wildman–Crippen MR) is 93.6 cm³/mol. The summed E-state index contributed by atoms with van der Waals surface area (Å²) >= 11 is 0. The van der Waals surface area contributed by atoms with E-state index in [1.807, 2.05) is 0 Å². The Morgan fingerprint density at radius 2 is 1.88 bits per heavy atom. The van der Waals surface area contributed by atoms with Crippen molar-refractivity contribution in [2.75, 3.05) is 14.1 Å². The number of nitrogens with zero attached hydrogens (tertiary/aromatic N) is 1. The average molecular weight is 346 g/mol. The first kappa shape index (κ1) is 18.5. The lowest BCUT2D eigenvalue weighted by molar-refractivity contribution is 0.0519. The van der Waals surface area contributed by atoms with Gasteiger partial charge in [-0.2, -0.15) is 0 Å². The molecule has 7 nitrogen and oxygen atoms in total. The maximum absolute atomic E-state index is 12.3. The highest BCUT2D eigenvalue weighted by Gasteiger charge is 2.16. The van der Waals surface area contributed by atoms with Crippen LogP contribution >= 0.6 is 0 Å². The van der Waals surface area contributed by atoms with Gasteiger partial charge in [0.15, 0.2) is 5.43 Å². The van der Waals surface area contributed by atoms with Crippen molar-refractivity contribution in [1.29, 1.82) is 0 Å². The molecule has 0 fully saturated rings. The van der Waals surface area contributed by atoms with E-state index in [-0.39, 0.29) is 17.9 Å². The Hall–Kier alpha value is -2.83. The number of rotatable bonds is 3. The zero-order chi connectivity index (χ0) is 18.8. The van der Waals surface area contributed by atoms with Crippen LogP contribution in [0.5, 0.6) is 0 Å². The van der Waals surface area contributed by atoms with E-state index in [2.05, 4.69) is 5.32 Å². The zero-order valence-electron chi connectivity index (χ0n) is 15.0. The monoisotopic (exact) mass is 346 g/mol. The topological polar surface area (TPSA) is 88.8 Å². The maximum atomic E-state index is 12.3. The fourth-order valence-electron chi connectivity index (χ4n) is 2.16. The smallest absolute Gasteiger partial charge is 0.408 e. The Morgan fingerprint density at radius 3 is 2.48 bits per heavy atom. The van der Waals surface area contributed by atoms with Crippen LogP contribution in [0.15, 0.2) is 33.5 Å². The molecule has 0 atom stereocenters. The molecule has 25 heavy (non-hydrogen) atoms. The van der Waals surface area contributed by atoms with Crippen LogP contribution in [-0.4, -0.2) is 36.6 Å². The molecule has 0 aliphatic heterocycles. The van der Waals surface area contributed by atoms with Gasteiger partial charge in [-0.3, -0.25) is 9.59 Å². The maximum Gasteiger partial charge on any atom is 0.408 e. The Kier molecular flexibility index (Phi) is 5.15. The van der Waals surface area contributed by atoms with Crippen LogP contribution in [0.4, 0.5) is 4.79 Å². The van der Waals surface area contributed by atoms with Gasteiger partial charge in [0, 0.05) is 25.7 Å². The third-order valence-corrected chi connectivity index (χ3v) is 3.24. The van der Waals surface area contributed by atoms with Gasteiger partial charge >= 0.3 is 6.09 Å². The van der Waals surface area contributed by atoms with Gasteiger partial charge in [0.2, 0.25) is 0 Å². The van der Waals surface area contributed by atoms with Crippen molar-refractivity contribution in [3.63, 3.8) is 0 Å². The number of hydrogen-bond acceptors (Lipinski definition) is 5. The molecule has 134 valence electrons. The third-order valence-electron chi connectivity index (χ3n) is 3.24. The fourth-order valence-corrected chi connectivity index (χ4v) is 2.16. The number of fused-ring (bicyclic) bond motifs is 1. The average Bonchev–Trinajstić information content (AvgIpc) is 2.50. The molecule has 0 unspecified atom stereocenters. The number of carbonyl (C=O) groups excluding carboxylic acids is 2. The number of nitrogens with one attached hydrogen (secondary N) is 1. The molecule has 1 aromatic heterocycles. The van der Waals surface area contributed by atoms with Gasteiger partial charge < -0.3 is 19.4 Å². The Morgan fingerprint density at radius 1 is 1.20 bits per heavy atom. The van der Waals surface area contributed by atoms with Crippen molar-refractivity contribution < 1.29 is 18.7 Å². The molecule has 0 saturated carbocycles. The minimum absolute atomic E-state index is 0.0263. The summed E-state index contributed by atoms with van der Waals surface area (Å²) in [6.07, 6.45) is -0.595. The van der Waals surface area contributed by atoms with Gasteiger partial charge in [0.25, 0.3) is 5.91 Å². The fraction of sp³-hybridized carbons (Fsp3) is 0.389. The van der Waals surface area contributed by atoms with Crippen LogP contribution in [0.25, 0.3) is 11.0 Å². The molecular formula is C18H22N2O5. The van der Waals surface area contributed by atoms with Crippen LogP contribution < -0.4 is 10.7 Å². The van der Waals surface area contributed by atoms with Crippen molar-refractivity contribution in [3.8, 4) is 0 Å². The standard InChI is InChI=1S/C18H22N2O5/c1-18(2,3)25-17(23)19-10-12-9-14(21)13-8-11(16(22)20(4)5)6-7-15(13)24-12/h6-9H,10H2,1-5H3,(H,19,23). The summed E-state index contributed by atoms with van der Waals surface area (Å²) in [6.45, 7) is 5.30. The molecule has 0 aliphatic carbocycles. The number of hydrogen-bond donors (Lipinski definition) is 1. The molecule has 1 heterocycles. The summed E-state index contributed by atoms with van der Waals surface area (Å²) in [5.41, 5.74) is -0.132. The van der Waals surface area contributed by atoms with E-state index in [9.17, 15) is 14.4 Å². The molecular weight excluding hydrogens is 324 g/mol. The van der Waals surface area contributed by atoms with E-state index in [0.717, 1.165) is 0 Å². The van der Waals surface area contributed by atoms with Crippen LogP contribution in [0.2, 0.25) is 0 Å². The minimum atomic E-state index is -0.607. The molecule has 7 heteroatoms. The highest BCUT2D eigenvalue weighted by molar-refractivity contribution is 5.97. The molecule has 2 rings (SSSR count). The molecule has 1 N–H and O–H groups in total. The lowest BCUT2D eigenvalue weighted by Gasteiger charge is -2.19. The van der Waals surface area contributed by atoms with E-state index >= 15 is 0 Å². The number of benzene rings is 1. The summed E-state index contributed by atoms with van der Waals surface area (Å²) < 4.78 is 10.8. The lowest BCUT2D eigenvalue weighted by Crippen LogP contribution is -2.32. The molecule has 0 bridgehead atoms. The van der Waals surface area contributed by atoms with Crippen LogP contribution in [0, 0.1) is 0 Å². The molecule has 2 amide bonds. The number of alkyl carbamates (subject to hydrolysis) is 1. The van der Waals surface area contributed by atoms with Crippen LogP contribution in [0.3, 0.4) is 0 Å². The van der Waals surface area contributed by atoms with Crippen LogP contribution in [-0.2, 0) is 11.3 Å². The predicted octanol–water partition coefficient (Wildman–Crippen LogP) is 2.52. The summed E-state index contributed by atoms with van der Waals surface area (Å²) in [6, 6.07) is 5.97. The second-order valence-electron chi connectivity index (χ2n) is 6.84. The van der Waals surface area contributed by atoms with E-state index < -0.39 is 11.7 Å². The first-order chi connectivity index (χ1) is 11.6. The number of amides is 2. The van der Waals surface area contributed by atoms with E-state index in [0.29, 0.717) is 22.3 Å². The molecule has 0 radical (unpaired) electrons. The minimum Gasteiger partial charge on any atom is -0.459 e. The third kappa shape index (κ3) is 4.82. The van der Waals surface area contributed by atoms with Crippen molar-refractivity contribution in [2.24, 2.45) is 0 Å². The first-order valence-corrected chi connectivity index (χ1v) is 7.82. The van der Waals surface area contributed by atoms with E-state index in [4.69, 9.17) is 9.15 Å². The van der Waals surface area contributed by atoms with Gasteiger partial charge in [-0.05, 0) is 39.0 Å². The number of ether oxygens (including phenoxy) is 1. The second kappa shape index (κ2) is 6.96. The van der Waals surface area contributed by atoms with Gasteiger partial charge in [-0.15, -0.1) is 0 Å². The highest BCUT2D eigenvalue weighted by Crippen LogP contribution is 2.16. The SMILES string of the molecule is CN(C)C(=O)c1ccc2oc(CNC(=O)OC(C)(C)C)cc(=O)c2c1. The van der Waals surface area contributed by atoms with Crippen molar-refractivity contribution in [3.05, 3.63) is 45.8 Å². The second-order valence-corrected chi connectivity index (χ2v) is 6.84. The summed E-state index contributed by atoms with van der Waals surface area (Å²) in [4.78, 5) is 37.4. The summed E-state index contributed by atoms with van der Waals surface area (Å²) in [5.74, 6) is 0.104. The molecule has 0 spiro atoms. The van der Waals surface area contributed by atoms with Crippen molar-refractivity contribution >= 4 is 23.0 Å². The van der Waals surface area contributed by atoms with Crippen LogP contribution in [0.1, 0.15) is 36.9 Å². The number of carbonyl (C=O) groups is 2.